The molecular weight excluding hydrogens is 365 g/mol. The SMILES string of the molecule is CNC(=O)C(C)CN(C)S(=O)(=O)c1cc(N)cc(Br)c1F. The van der Waals surface area contributed by atoms with Crippen molar-refractivity contribution in [2.24, 2.45) is 5.92 Å². The molecule has 3 N–H and O–H groups in total. The summed E-state index contributed by atoms with van der Waals surface area (Å²) in [7, 11) is -1.34. The molecule has 0 saturated heterocycles. The van der Waals surface area contributed by atoms with Gasteiger partial charge in [0.25, 0.3) is 0 Å². The van der Waals surface area contributed by atoms with Gasteiger partial charge >= 0.3 is 0 Å². The molecular formula is C12H17BrFN3O3S. The van der Waals surface area contributed by atoms with Crippen molar-refractivity contribution in [3.63, 3.8) is 0 Å². The van der Waals surface area contributed by atoms with E-state index in [1.165, 1.54) is 20.2 Å². The molecule has 1 rings (SSSR count). The molecule has 1 atom stereocenters. The highest BCUT2D eigenvalue weighted by molar-refractivity contribution is 9.10. The smallest absolute Gasteiger partial charge is 0.245 e. The highest BCUT2D eigenvalue weighted by Gasteiger charge is 2.28. The number of hydrogen-bond acceptors (Lipinski definition) is 4. The number of amides is 1. The molecule has 0 spiro atoms. The topological polar surface area (TPSA) is 92.5 Å². The van der Waals surface area contributed by atoms with Crippen LogP contribution in [0, 0.1) is 11.7 Å². The van der Waals surface area contributed by atoms with Crippen LogP contribution in [0.4, 0.5) is 10.1 Å². The second-order valence-electron chi connectivity index (χ2n) is 4.62. The average molecular weight is 382 g/mol. The maximum absolute atomic E-state index is 14.0. The summed E-state index contributed by atoms with van der Waals surface area (Å²) in [5.41, 5.74) is 5.67. The molecule has 118 valence electrons. The number of carbonyl (C=O) groups is 1. The van der Waals surface area contributed by atoms with Crippen LogP contribution in [0.1, 0.15) is 6.92 Å². The first-order valence-electron chi connectivity index (χ1n) is 6.03. The van der Waals surface area contributed by atoms with Crippen LogP contribution in [-0.4, -0.2) is 39.3 Å². The molecule has 21 heavy (non-hydrogen) atoms. The van der Waals surface area contributed by atoms with E-state index < -0.39 is 26.7 Å². The van der Waals surface area contributed by atoms with Gasteiger partial charge in [-0.25, -0.2) is 17.1 Å². The molecule has 1 unspecified atom stereocenters. The molecule has 1 aromatic carbocycles. The third-order valence-corrected chi connectivity index (χ3v) is 5.33. The summed E-state index contributed by atoms with van der Waals surface area (Å²) in [6, 6.07) is 2.33. The van der Waals surface area contributed by atoms with Crippen molar-refractivity contribution in [1.82, 2.24) is 9.62 Å². The molecule has 0 aliphatic rings. The van der Waals surface area contributed by atoms with E-state index in [1.807, 2.05) is 0 Å². The minimum absolute atomic E-state index is 0.0335. The van der Waals surface area contributed by atoms with Crippen molar-refractivity contribution >= 4 is 37.5 Å². The molecule has 9 heteroatoms. The molecule has 0 bridgehead atoms. The van der Waals surface area contributed by atoms with Crippen LogP contribution in [0.3, 0.4) is 0 Å². The highest BCUT2D eigenvalue weighted by atomic mass is 79.9. The van der Waals surface area contributed by atoms with Gasteiger partial charge in [-0.05, 0) is 28.1 Å². The second kappa shape index (κ2) is 6.71. The monoisotopic (exact) mass is 381 g/mol. The Kier molecular flexibility index (Phi) is 5.71. The molecule has 6 nitrogen and oxygen atoms in total. The fourth-order valence-corrected chi connectivity index (χ4v) is 3.74. The van der Waals surface area contributed by atoms with E-state index in [9.17, 15) is 17.6 Å². The number of carbonyl (C=O) groups excluding carboxylic acids is 1. The number of halogens is 2. The predicted molar refractivity (Wildman–Crippen MR) is 81.6 cm³/mol. The zero-order valence-corrected chi connectivity index (χ0v) is 14.3. The second-order valence-corrected chi connectivity index (χ2v) is 7.48. The minimum Gasteiger partial charge on any atom is -0.399 e. The summed E-state index contributed by atoms with van der Waals surface area (Å²) in [4.78, 5) is 10.9. The van der Waals surface area contributed by atoms with Crippen LogP contribution >= 0.6 is 15.9 Å². The van der Waals surface area contributed by atoms with Crippen LogP contribution in [0.15, 0.2) is 21.5 Å². The first kappa shape index (κ1) is 17.9. The summed E-state index contributed by atoms with van der Waals surface area (Å²) in [5, 5.41) is 2.43. The molecule has 0 aliphatic carbocycles. The van der Waals surface area contributed by atoms with Gasteiger partial charge in [0, 0.05) is 32.2 Å². The summed E-state index contributed by atoms with van der Waals surface area (Å²) >= 11 is 2.92. The molecule has 0 heterocycles. The number of anilines is 1. The first-order chi connectivity index (χ1) is 9.61. The van der Waals surface area contributed by atoms with Crippen molar-refractivity contribution in [2.45, 2.75) is 11.8 Å². The molecule has 1 aromatic rings. The van der Waals surface area contributed by atoms with Gasteiger partial charge < -0.3 is 11.1 Å². The Morgan fingerprint density at radius 1 is 1.52 bits per heavy atom. The summed E-state index contributed by atoms with van der Waals surface area (Å²) in [6.45, 7) is 1.50. The van der Waals surface area contributed by atoms with Crippen molar-refractivity contribution in [2.75, 3.05) is 26.4 Å². The van der Waals surface area contributed by atoms with Crippen LogP contribution in [0.5, 0.6) is 0 Å². The Morgan fingerprint density at radius 2 is 2.10 bits per heavy atom. The van der Waals surface area contributed by atoms with Gasteiger partial charge in [0.2, 0.25) is 15.9 Å². The van der Waals surface area contributed by atoms with Crippen molar-refractivity contribution in [3.8, 4) is 0 Å². The number of hydrogen-bond donors (Lipinski definition) is 2. The number of nitrogens with two attached hydrogens (primary N) is 1. The molecule has 0 radical (unpaired) electrons. The van der Waals surface area contributed by atoms with Crippen LogP contribution in [-0.2, 0) is 14.8 Å². The number of nitrogens with one attached hydrogen (secondary N) is 1. The Bertz CT molecular complexity index is 651. The first-order valence-corrected chi connectivity index (χ1v) is 8.27. The minimum atomic E-state index is -4.08. The van der Waals surface area contributed by atoms with E-state index in [1.54, 1.807) is 6.92 Å². The largest absolute Gasteiger partial charge is 0.399 e. The van der Waals surface area contributed by atoms with Gasteiger partial charge in [0.1, 0.15) is 4.90 Å². The molecule has 0 aromatic heterocycles. The van der Waals surface area contributed by atoms with E-state index >= 15 is 0 Å². The van der Waals surface area contributed by atoms with E-state index in [-0.39, 0.29) is 22.6 Å². The fourth-order valence-electron chi connectivity index (χ4n) is 1.75. The maximum Gasteiger partial charge on any atom is 0.245 e. The Morgan fingerprint density at radius 3 is 2.62 bits per heavy atom. The number of nitrogen functional groups attached to an aromatic ring is 1. The van der Waals surface area contributed by atoms with Gasteiger partial charge in [-0.2, -0.15) is 0 Å². The molecule has 0 aliphatic heterocycles. The van der Waals surface area contributed by atoms with Crippen molar-refractivity contribution in [1.29, 1.82) is 0 Å². The third kappa shape index (κ3) is 3.92. The lowest BCUT2D eigenvalue weighted by Gasteiger charge is -2.21. The van der Waals surface area contributed by atoms with Gasteiger partial charge in [0.15, 0.2) is 5.82 Å². The van der Waals surface area contributed by atoms with Gasteiger partial charge in [0.05, 0.1) is 4.47 Å². The van der Waals surface area contributed by atoms with Crippen LogP contribution in [0.25, 0.3) is 0 Å². The predicted octanol–water partition coefficient (Wildman–Crippen LogP) is 1.17. The number of sulfonamides is 1. The lowest BCUT2D eigenvalue weighted by molar-refractivity contribution is -0.124. The Hall–Kier alpha value is -1.19. The zero-order valence-electron chi connectivity index (χ0n) is 11.9. The average Bonchev–Trinajstić information content (AvgIpc) is 2.41. The quantitative estimate of drug-likeness (QED) is 0.748. The van der Waals surface area contributed by atoms with Crippen LogP contribution in [0.2, 0.25) is 0 Å². The van der Waals surface area contributed by atoms with E-state index in [4.69, 9.17) is 5.73 Å². The van der Waals surface area contributed by atoms with Crippen molar-refractivity contribution < 1.29 is 17.6 Å². The normalized spacial score (nSPS) is 13.2. The highest BCUT2D eigenvalue weighted by Crippen LogP contribution is 2.28. The van der Waals surface area contributed by atoms with Gasteiger partial charge in [-0.1, -0.05) is 6.92 Å². The van der Waals surface area contributed by atoms with E-state index in [0.29, 0.717) is 0 Å². The molecule has 0 fully saturated rings. The number of nitrogens with zero attached hydrogens (tertiary/aromatic N) is 1. The number of rotatable bonds is 5. The summed E-state index contributed by atoms with van der Waals surface area (Å²) in [5.74, 6) is -1.78. The molecule has 1 amide bonds. The van der Waals surface area contributed by atoms with E-state index in [2.05, 4.69) is 21.2 Å². The summed E-state index contributed by atoms with van der Waals surface area (Å²) in [6.07, 6.45) is 0. The van der Waals surface area contributed by atoms with Gasteiger partial charge in [-0.15, -0.1) is 0 Å². The van der Waals surface area contributed by atoms with Crippen molar-refractivity contribution in [3.05, 3.63) is 22.4 Å². The Balaban J connectivity index is 3.14. The number of benzene rings is 1. The maximum atomic E-state index is 14.0. The van der Waals surface area contributed by atoms with E-state index in [0.717, 1.165) is 10.4 Å². The Labute approximate surface area is 131 Å². The van der Waals surface area contributed by atoms with Gasteiger partial charge in [-0.3, -0.25) is 4.79 Å². The lowest BCUT2D eigenvalue weighted by atomic mass is 10.2. The lowest BCUT2D eigenvalue weighted by Crippen LogP contribution is -2.37. The zero-order chi connectivity index (χ0) is 16.4. The van der Waals surface area contributed by atoms with Crippen LogP contribution < -0.4 is 11.1 Å². The molecule has 0 saturated carbocycles. The summed E-state index contributed by atoms with van der Waals surface area (Å²) < 4.78 is 39.7. The third-order valence-electron chi connectivity index (χ3n) is 2.93. The fraction of sp³-hybridized carbons (Fsp3) is 0.417. The standard InChI is InChI=1S/C12H17BrFN3O3S/c1-7(12(18)16-2)6-17(3)21(19,20)10-5-8(15)4-9(13)11(10)14/h4-5,7H,6,15H2,1-3H3,(H,16,18).